The number of halogens is 3. The van der Waals surface area contributed by atoms with Crippen molar-refractivity contribution in [3.8, 4) is 11.5 Å². The topological polar surface area (TPSA) is 65.0 Å². The zero-order valence-electron chi connectivity index (χ0n) is 18.9. The Labute approximate surface area is 205 Å². The van der Waals surface area contributed by atoms with Crippen molar-refractivity contribution in [1.82, 2.24) is 0 Å². The van der Waals surface area contributed by atoms with Crippen molar-refractivity contribution >= 4 is 17.7 Å². The number of aliphatic carboxylic acids is 1. The van der Waals surface area contributed by atoms with Gasteiger partial charge in [-0.05, 0) is 61.0 Å². The van der Waals surface area contributed by atoms with E-state index in [0.29, 0.717) is 23.9 Å². The normalized spacial score (nSPS) is 13.1. The Kier molecular flexibility index (Phi) is 9.45. The summed E-state index contributed by atoms with van der Waals surface area (Å²) < 4.78 is 55.4. The van der Waals surface area contributed by atoms with Crippen molar-refractivity contribution in [2.75, 3.05) is 12.4 Å². The number of hydrogen-bond acceptors (Lipinski definition) is 5. The first-order valence-electron chi connectivity index (χ1n) is 10.8. The van der Waals surface area contributed by atoms with Gasteiger partial charge in [-0.2, -0.15) is 13.2 Å². The summed E-state index contributed by atoms with van der Waals surface area (Å²) in [4.78, 5) is 11.9. The van der Waals surface area contributed by atoms with Crippen LogP contribution in [-0.4, -0.2) is 35.6 Å². The van der Waals surface area contributed by atoms with Crippen molar-refractivity contribution < 1.29 is 37.3 Å². The largest absolute Gasteiger partial charge is 0.491 e. The lowest BCUT2D eigenvalue weighted by Gasteiger charge is -2.19. The SMILES string of the molecule is CC(Oc1ccc(SCC(COc2ccc(C(F)(F)F)cc2)OCc2ccccc2)cc1)C(=O)O. The third kappa shape index (κ3) is 8.84. The van der Waals surface area contributed by atoms with Crippen LogP contribution in [0.1, 0.15) is 18.1 Å². The summed E-state index contributed by atoms with van der Waals surface area (Å²) in [6.07, 6.45) is -5.69. The fourth-order valence-electron chi connectivity index (χ4n) is 2.92. The molecule has 2 unspecified atom stereocenters. The van der Waals surface area contributed by atoms with Crippen LogP contribution >= 0.6 is 11.8 Å². The minimum absolute atomic E-state index is 0.155. The number of rotatable bonds is 12. The molecule has 5 nitrogen and oxygen atoms in total. The zero-order chi connectivity index (χ0) is 25.3. The molecule has 0 fully saturated rings. The summed E-state index contributed by atoms with van der Waals surface area (Å²) in [6, 6.07) is 21.2. The second-order valence-electron chi connectivity index (χ2n) is 7.63. The predicted octanol–water partition coefficient (Wildman–Crippen LogP) is 6.31. The fraction of sp³-hybridized carbons (Fsp3) is 0.269. The molecule has 2 atom stereocenters. The minimum Gasteiger partial charge on any atom is -0.491 e. The van der Waals surface area contributed by atoms with Crippen molar-refractivity contribution in [1.29, 1.82) is 0 Å². The number of carboxylic acids is 1. The highest BCUT2D eigenvalue weighted by Crippen LogP contribution is 2.30. The highest BCUT2D eigenvalue weighted by molar-refractivity contribution is 7.99. The van der Waals surface area contributed by atoms with Gasteiger partial charge in [0.15, 0.2) is 6.10 Å². The van der Waals surface area contributed by atoms with Crippen molar-refractivity contribution in [3.63, 3.8) is 0 Å². The smallest absolute Gasteiger partial charge is 0.416 e. The monoisotopic (exact) mass is 506 g/mol. The Hall–Kier alpha value is -3.17. The number of alkyl halides is 3. The first kappa shape index (κ1) is 26.4. The summed E-state index contributed by atoms with van der Waals surface area (Å²) in [5, 5.41) is 8.95. The van der Waals surface area contributed by atoms with Gasteiger partial charge < -0.3 is 19.3 Å². The zero-order valence-corrected chi connectivity index (χ0v) is 19.7. The van der Waals surface area contributed by atoms with Gasteiger partial charge in [0.25, 0.3) is 0 Å². The molecule has 1 N–H and O–H groups in total. The lowest BCUT2D eigenvalue weighted by atomic mass is 10.2. The van der Waals surface area contributed by atoms with E-state index in [1.165, 1.54) is 30.8 Å². The van der Waals surface area contributed by atoms with Crippen LogP contribution in [0.25, 0.3) is 0 Å². The Balaban J connectivity index is 1.59. The Morgan fingerprint density at radius 2 is 1.57 bits per heavy atom. The third-order valence-corrected chi connectivity index (χ3v) is 6.01. The molecule has 0 aliphatic carbocycles. The molecule has 0 amide bonds. The molecule has 35 heavy (non-hydrogen) atoms. The van der Waals surface area contributed by atoms with Gasteiger partial charge in [0.1, 0.15) is 24.2 Å². The lowest BCUT2D eigenvalue weighted by molar-refractivity contribution is -0.144. The standard InChI is InChI=1S/C26H25F3O5S/c1-18(25(30)31)34-22-11-13-24(14-12-22)35-17-23(32-15-19-5-3-2-4-6-19)16-33-21-9-7-20(8-10-21)26(27,28)29/h2-14,18,23H,15-17H2,1H3,(H,30,31). The first-order valence-corrected chi connectivity index (χ1v) is 11.8. The second-order valence-corrected chi connectivity index (χ2v) is 8.73. The summed E-state index contributed by atoms with van der Waals surface area (Å²) in [5.41, 5.74) is 0.258. The van der Waals surface area contributed by atoms with E-state index in [2.05, 4.69) is 0 Å². The Morgan fingerprint density at radius 1 is 0.943 bits per heavy atom. The van der Waals surface area contributed by atoms with Gasteiger partial charge in [-0.15, -0.1) is 11.8 Å². The van der Waals surface area contributed by atoms with Gasteiger partial charge in [-0.3, -0.25) is 0 Å². The van der Waals surface area contributed by atoms with E-state index in [9.17, 15) is 18.0 Å². The van der Waals surface area contributed by atoms with E-state index in [1.54, 1.807) is 12.1 Å². The number of benzene rings is 3. The maximum Gasteiger partial charge on any atom is 0.416 e. The molecular weight excluding hydrogens is 481 g/mol. The Morgan fingerprint density at radius 3 is 2.17 bits per heavy atom. The van der Waals surface area contributed by atoms with Crippen LogP contribution in [0.15, 0.2) is 83.8 Å². The molecule has 0 aliphatic rings. The number of ether oxygens (including phenoxy) is 3. The van der Waals surface area contributed by atoms with Crippen LogP contribution < -0.4 is 9.47 Å². The molecule has 0 saturated heterocycles. The average Bonchev–Trinajstić information content (AvgIpc) is 2.84. The first-order chi connectivity index (χ1) is 16.7. The molecule has 186 valence electrons. The molecule has 0 aliphatic heterocycles. The second kappa shape index (κ2) is 12.5. The van der Waals surface area contributed by atoms with Crippen LogP contribution in [0.4, 0.5) is 13.2 Å². The van der Waals surface area contributed by atoms with Crippen molar-refractivity contribution in [2.45, 2.75) is 36.8 Å². The highest BCUT2D eigenvalue weighted by atomic mass is 32.2. The maximum atomic E-state index is 12.8. The van der Waals surface area contributed by atoms with Crippen LogP contribution in [0, 0.1) is 0 Å². The summed E-state index contributed by atoms with van der Waals surface area (Å²) in [5.74, 6) is 0.256. The fourth-order valence-corrected chi connectivity index (χ4v) is 3.82. The molecule has 0 heterocycles. The summed E-state index contributed by atoms with van der Waals surface area (Å²) in [7, 11) is 0. The van der Waals surface area contributed by atoms with Gasteiger partial charge in [0, 0.05) is 10.6 Å². The van der Waals surface area contributed by atoms with E-state index in [-0.39, 0.29) is 12.7 Å². The molecule has 3 aromatic carbocycles. The number of carbonyl (C=O) groups is 1. The van der Waals surface area contributed by atoms with Crippen molar-refractivity contribution in [2.24, 2.45) is 0 Å². The summed E-state index contributed by atoms with van der Waals surface area (Å²) >= 11 is 1.51. The molecule has 3 aromatic rings. The predicted molar refractivity (Wildman–Crippen MR) is 127 cm³/mol. The highest BCUT2D eigenvalue weighted by Gasteiger charge is 2.30. The molecule has 0 radical (unpaired) electrons. The van der Waals surface area contributed by atoms with Gasteiger partial charge in [-0.25, -0.2) is 4.79 Å². The van der Waals surface area contributed by atoms with Gasteiger partial charge in [0.2, 0.25) is 0 Å². The number of carboxylic acid groups (broad SMARTS) is 1. The van der Waals surface area contributed by atoms with Crippen LogP contribution in [0.5, 0.6) is 11.5 Å². The number of thioether (sulfide) groups is 1. The van der Waals surface area contributed by atoms with E-state index < -0.39 is 23.8 Å². The lowest BCUT2D eigenvalue weighted by Crippen LogP contribution is -2.24. The summed E-state index contributed by atoms with van der Waals surface area (Å²) in [6.45, 7) is 1.97. The van der Waals surface area contributed by atoms with Gasteiger partial charge in [-0.1, -0.05) is 30.3 Å². The van der Waals surface area contributed by atoms with Crippen LogP contribution in [0.2, 0.25) is 0 Å². The van der Waals surface area contributed by atoms with Gasteiger partial charge in [0.05, 0.1) is 12.2 Å². The maximum absolute atomic E-state index is 12.8. The van der Waals surface area contributed by atoms with Crippen LogP contribution in [-0.2, 0) is 22.3 Å². The van der Waals surface area contributed by atoms with E-state index >= 15 is 0 Å². The molecule has 9 heteroatoms. The molecular formula is C26H25F3O5S. The number of hydrogen-bond donors (Lipinski definition) is 1. The molecule has 3 rings (SSSR count). The minimum atomic E-state index is -4.40. The average molecular weight is 507 g/mol. The Bertz CT molecular complexity index is 1060. The third-order valence-electron chi connectivity index (χ3n) is 4.87. The molecule has 0 bridgehead atoms. The molecule has 0 aromatic heterocycles. The molecule has 0 saturated carbocycles. The van der Waals surface area contributed by atoms with Crippen molar-refractivity contribution in [3.05, 3.63) is 90.0 Å². The van der Waals surface area contributed by atoms with E-state index in [0.717, 1.165) is 22.6 Å². The van der Waals surface area contributed by atoms with E-state index in [1.807, 2.05) is 42.5 Å². The van der Waals surface area contributed by atoms with E-state index in [4.69, 9.17) is 19.3 Å². The van der Waals surface area contributed by atoms with Crippen LogP contribution in [0.3, 0.4) is 0 Å². The molecule has 0 spiro atoms. The van der Waals surface area contributed by atoms with Gasteiger partial charge >= 0.3 is 12.1 Å². The quantitative estimate of drug-likeness (QED) is 0.290.